The fourth-order valence-electron chi connectivity index (χ4n) is 2.46. The summed E-state index contributed by atoms with van der Waals surface area (Å²) in [5.74, 6) is -0.774. The van der Waals surface area contributed by atoms with Crippen LogP contribution in [0.2, 0.25) is 0 Å². The topological polar surface area (TPSA) is 121 Å². The Morgan fingerprint density at radius 2 is 2.00 bits per heavy atom. The first kappa shape index (κ1) is 13.4. The van der Waals surface area contributed by atoms with Crippen LogP contribution in [-0.4, -0.2) is 26.6 Å². The summed E-state index contributed by atoms with van der Waals surface area (Å²) in [7, 11) is 0. The SMILES string of the molecule is Nc1c(NC2(C(=O)O)CCCCCC2)nc[nH]c1=O. The fourth-order valence-corrected chi connectivity index (χ4v) is 2.46. The Kier molecular flexibility index (Phi) is 3.73. The van der Waals surface area contributed by atoms with Gasteiger partial charge in [0.05, 0.1) is 6.33 Å². The number of anilines is 2. The van der Waals surface area contributed by atoms with E-state index in [1.165, 1.54) is 6.33 Å². The Morgan fingerprint density at radius 3 is 2.58 bits per heavy atom. The van der Waals surface area contributed by atoms with Crippen LogP contribution in [0, 0.1) is 0 Å². The molecule has 1 fully saturated rings. The minimum atomic E-state index is -1.08. The van der Waals surface area contributed by atoms with Crippen molar-refractivity contribution in [3.63, 3.8) is 0 Å². The summed E-state index contributed by atoms with van der Waals surface area (Å²) in [6.45, 7) is 0. The number of aliphatic carboxylic acids is 1. The van der Waals surface area contributed by atoms with Crippen molar-refractivity contribution in [3.8, 4) is 0 Å². The van der Waals surface area contributed by atoms with Crippen molar-refractivity contribution >= 4 is 17.5 Å². The molecule has 0 radical (unpaired) electrons. The first-order valence-corrected chi connectivity index (χ1v) is 6.40. The van der Waals surface area contributed by atoms with Gasteiger partial charge >= 0.3 is 5.97 Å². The highest BCUT2D eigenvalue weighted by Crippen LogP contribution is 2.31. The molecule has 0 unspecified atom stereocenters. The second kappa shape index (κ2) is 5.29. The summed E-state index contributed by atoms with van der Waals surface area (Å²) >= 11 is 0. The highest BCUT2D eigenvalue weighted by molar-refractivity contribution is 5.83. The molecule has 0 amide bonds. The molecular weight excluding hydrogens is 248 g/mol. The third-order valence-corrected chi connectivity index (χ3v) is 3.61. The van der Waals surface area contributed by atoms with E-state index in [1.54, 1.807) is 0 Å². The van der Waals surface area contributed by atoms with Crippen LogP contribution in [0.15, 0.2) is 11.1 Å². The molecule has 0 aliphatic heterocycles. The molecule has 1 aromatic heterocycles. The normalized spacial score (nSPS) is 18.5. The van der Waals surface area contributed by atoms with Crippen LogP contribution in [0.5, 0.6) is 0 Å². The predicted molar refractivity (Wildman–Crippen MR) is 71.0 cm³/mol. The number of carboxylic acid groups (broad SMARTS) is 1. The van der Waals surface area contributed by atoms with Gasteiger partial charge in [0.25, 0.3) is 5.56 Å². The Labute approximate surface area is 110 Å². The quantitative estimate of drug-likeness (QED) is 0.604. The first-order chi connectivity index (χ1) is 9.05. The van der Waals surface area contributed by atoms with Crippen molar-refractivity contribution in [1.82, 2.24) is 9.97 Å². The van der Waals surface area contributed by atoms with E-state index < -0.39 is 17.1 Å². The van der Waals surface area contributed by atoms with Crippen molar-refractivity contribution < 1.29 is 9.90 Å². The van der Waals surface area contributed by atoms with Gasteiger partial charge in [-0.25, -0.2) is 9.78 Å². The van der Waals surface area contributed by atoms with E-state index in [1.807, 2.05) is 0 Å². The smallest absolute Gasteiger partial charge is 0.329 e. The number of nitrogens with one attached hydrogen (secondary N) is 2. The van der Waals surface area contributed by atoms with Gasteiger partial charge in [0, 0.05) is 0 Å². The average molecular weight is 266 g/mol. The lowest BCUT2D eigenvalue weighted by atomic mass is 9.90. The third-order valence-electron chi connectivity index (χ3n) is 3.61. The maximum atomic E-state index is 11.6. The number of aromatic nitrogens is 2. The van der Waals surface area contributed by atoms with E-state index in [9.17, 15) is 14.7 Å². The summed E-state index contributed by atoms with van der Waals surface area (Å²) in [5, 5.41) is 12.4. The molecule has 0 spiro atoms. The van der Waals surface area contributed by atoms with Crippen molar-refractivity contribution in [2.45, 2.75) is 44.1 Å². The Balaban J connectivity index is 2.32. The zero-order valence-electron chi connectivity index (χ0n) is 10.6. The molecular formula is C12H18N4O3. The van der Waals surface area contributed by atoms with Crippen LogP contribution in [0.25, 0.3) is 0 Å². The minimum Gasteiger partial charge on any atom is -0.480 e. The van der Waals surface area contributed by atoms with Crippen molar-refractivity contribution in [2.75, 3.05) is 11.1 Å². The number of nitrogens with two attached hydrogens (primary N) is 1. The van der Waals surface area contributed by atoms with Crippen LogP contribution in [0.1, 0.15) is 38.5 Å². The number of rotatable bonds is 3. The summed E-state index contributed by atoms with van der Waals surface area (Å²) in [5.41, 5.74) is 4.02. The highest BCUT2D eigenvalue weighted by Gasteiger charge is 2.39. The number of aromatic amines is 1. The van der Waals surface area contributed by atoms with Crippen molar-refractivity contribution in [2.24, 2.45) is 0 Å². The molecule has 19 heavy (non-hydrogen) atoms. The zero-order valence-corrected chi connectivity index (χ0v) is 10.6. The van der Waals surface area contributed by atoms with E-state index in [2.05, 4.69) is 15.3 Å². The molecule has 7 nitrogen and oxygen atoms in total. The van der Waals surface area contributed by atoms with Gasteiger partial charge in [0.2, 0.25) is 0 Å². The van der Waals surface area contributed by atoms with Gasteiger partial charge in [-0.15, -0.1) is 0 Å². The number of nitrogens with zero attached hydrogens (tertiary/aromatic N) is 1. The number of carboxylic acids is 1. The van der Waals surface area contributed by atoms with Gasteiger partial charge in [-0.3, -0.25) is 4.79 Å². The lowest BCUT2D eigenvalue weighted by Gasteiger charge is -2.30. The molecule has 1 aliphatic rings. The van der Waals surface area contributed by atoms with Gasteiger partial charge in [-0.1, -0.05) is 25.7 Å². The second-order valence-corrected chi connectivity index (χ2v) is 4.92. The Hall–Kier alpha value is -2.05. The Morgan fingerprint density at radius 1 is 1.37 bits per heavy atom. The molecule has 1 saturated carbocycles. The number of hydrogen-bond acceptors (Lipinski definition) is 5. The highest BCUT2D eigenvalue weighted by atomic mass is 16.4. The molecule has 104 valence electrons. The summed E-state index contributed by atoms with van der Waals surface area (Å²) in [6.07, 6.45) is 5.95. The van der Waals surface area contributed by atoms with Crippen LogP contribution < -0.4 is 16.6 Å². The standard InChI is InChI=1S/C12H18N4O3/c13-8-9(14-7-15-10(8)17)16-12(11(18)19)5-3-1-2-4-6-12/h7H,1-6,13H2,(H,18,19)(H2,14,15,16,17). The molecule has 1 aliphatic carbocycles. The number of nitrogen functional groups attached to an aromatic ring is 1. The molecule has 0 aromatic carbocycles. The van der Waals surface area contributed by atoms with E-state index in [-0.39, 0.29) is 11.5 Å². The first-order valence-electron chi connectivity index (χ1n) is 6.40. The summed E-state index contributed by atoms with van der Waals surface area (Å²) in [6, 6.07) is 0. The third kappa shape index (κ3) is 2.69. The van der Waals surface area contributed by atoms with Gasteiger partial charge in [0.15, 0.2) is 5.82 Å². The molecule has 0 atom stereocenters. The largest absolute Gasteiger partial charge is 0.480 e. The van der Waals surface area contributed by atoms with Gasteiger partial charge in [-0.05, 0) is 12.8 Å². The van der Waals surface area contributed by atoms with E-state index >= 15 is 0 Å². The lowest BCUT2D eigenvalue weighted by molar-refractivity contribution is -0.142. The molecule has 2 rings (SSSR count). The van der Waals surface area contributed by atoms with Crippen LogP contribution in [0.4, 0.5) is 11.5 Å². The second-order valence-electron chi connectivity index (χ2n) is 4.92. The minimum absolute atomic E-state index is 0.0765. The van der Waals surface area contributed by atoms with E-state index in [4.69, 9.17) is 5.73 Å². The predicted octanol–water partition coefficient (Wildman–Crippen LogP) is 0.942. The van der Waals surface area contributed by atoms with Crippen LogP contribution in [0.3, 0.4) is 0 Å². The van der Waals surface area contributed by atoms with Crippen molar-refractivity contribution in [3.05, 3.63) is 16.7 Å². The molecule has 1 heterocycles. The zero-order chi connectivity index (χ0) is 13.9. The molecule has 5 N–H and O–H groups in total. The maximum Gasteiger partial charge on any atom is 0.329 e. The van der Waals surface area contributed by atoms with Crippen molar-refractivity contribution in [1.29, 1.82) is 0 Å². The Bertz CT molecular complexity index is 518. The van der Waals surface area contributed by atoms with Gasteiger partial charge in [0.1, 0.15) is 11.2 Å². The maximum absolute atomic E-state index is 11.6. The molecule has 0 bridgehead atoms. The lowest BCUT2D eigenvalue weighted by Crippen LogP contribution is -2.46. The summed E-state index contributed by atoms with van der Waals surface area (Å²) < 4.78 is 0. The number of carbonyl (C=O) groups is 1. The summed E-state index contributed by atoms with van der Waals surface area (Å²) in [4.78, 5) is 29.3. The molecule has 7 heteroatoms. The van der Waals surface area contributed by atoms with Crippen LogP contribution in [-0.2, 0) is 4.79 Å². The number of H-pyrrole nitrogens is 1. The van der Waals surface area contributed by atoms with Gasteiger partial charge < -0.3 is 21.1 Å². The van der Waals surface area contributed by atoms with E-state index in [0.717, 1.165) is 25.7 Å². The van der Waals surface area contributed by atoms with Gasteiger partial charge in [-0.2, -0.15) is 0 Å². The van der Waals surface area contributed by atoms with E-state index in [0.29, 0.717) is 12.8 Å². The average Bonchev–Trinajstić information content (AvgIpc) is 2.62. The molecule has 0 saturated heterocycles. The van der Waals surface area contributed by atoms with Crippen LogP contribution >= 0.6 is 0 Å². The molecule has 1 aromatic rings. The monoisotopic (exact) mass is 266 g/mol. The fraction of sp³-hybridized carbons (Fsp3) is 0.583. The number of hydrogen-bond donors (Lipinski definition) is 4.